The minimum Gasteiger partial charge on any atom is -0.305 e. The molecule has 0 aliphatic heterocycles. The number of nitriles is 1. The van der Waals surface area contributed by atoms with Gasteiger partial charge in [-0.1, -0.05) is 36.4 Å². The maximum absolute atomic E-state index is 13.0. The molecule has 1 aromatic carbocycles. The highest BCUT2D eigenvalue weighted by Crippen LogP contribution is 2.12. The van der Waals surface area contributed by atoms with Crippen molar-refractivity contribution < 1.29 is 4.79 Å². The fourth-order valence-electron chi connectivity index (χ4n) is 3.15. The summed E-state index contributed by atoms with van der Waals surface area (Å²) in [6, 6.07) is 18.3. The normalized spacial score (nSPS) is 11.6. The molecule has 136 valence electrons. The minimum atomic E-state index is -0.435. The van der Waals surface area contributed by atoms with Crippen molar-refractivity contribution >= 4 is 22.6 Å². The zero-order valence-corrected chi connectivity index (χ0v) is 15.0. The minimum absolute atomic E-state index is 0.147. The van der Waals surface area contributed by atoms with Crippen molar-refractivity contribution in [1.29, 1.82) is 5.26 Å². The molecule has 28 heavy (non-hydrogen) atoms. The first kappa shape index (κ1) is 17.4. The molecule has 0 saturated carbocycles. The van der Waals surface area contributed by atoms with Crippen LogP contribution < -0.4 is 11.0 Å². The number of amides is 1. The van der Waals surface area contributed by atoms with E-state index in [1.807, 2.05) is 30.3 Å². The van der Waals surface area contributed by atoms with Crippen LogP contribution in [0.1, 0.15) is 18.1 Å². The Bertz CT molecular complexity index is 1390. The molecule has 0 radical (unpaired) electrons. The highest BCUT2D eigenvalue weighted by atomic mass is 16.1. The van der Waals surface area contributed by atoms with E-state index in [1.165, 1.54) is 17.4 Å². The number of aromatic nitrogens is 3. The van der Waals surface area contributed by atoms with E-state index in [9.17, 15) is 14.9 Å². The maximum atomic E-state index is 13.0. The average molecular weight is 369 g/mol. The number of benzene rings is 1. The first-order chi connectivity index (χ1) is 13.6. The van der Waals surface area contributed by atoms with Gasteiger partial charge in [0.15, 0.2) is 5.49 Å². The molecule has 0 bridgehead atoms. The van der Waals surface area contributed by atoms with Gasteiger partial charge in [0.25, 0.3) is 5.56 Å². The molecule has 7 nitrogen and oxygen atoms in total. The van der Waals surface area contributed by atoms with E-state index in [1.54, 1.807) is 29.0 Å². The number of hydrogen-bond donors (Lipinski definition) is 0. The first-order valence-corrected chi connectivity index (χ1v) is 8.63. The summed E-state index contributed by atoms with van der Waals surface area (Å²) in [5.74, 6) is -0.435. The third-order valence-corrected chi connectivity index (χ3v) is 4.36. The Hall–Kier alpha value is -4.05. The van der Waals surface area contributed by atoms with Crippen molar-refractivity contribution in [2.24, 2.45) is 4.99 Å². The largest absolute Gasteiger partial charge is 0.305 e. The lowest BCUT2D eigenvalue weighted by Crippen LogP contribution is -2.29. The molecule has 0 aliphatic carbocycles. The summed E-state index contributed by atoms with van der Waals surface area (Å²) in [4.78, 5) is 33.4. The van der Waals surface area contributed by atoms with Crippen molar-refractivity contribution in [2.75, 3.05) is 0 Å². The highest BCUT2D eigenvalue weighted by Gasteiger charge is 2.14. The van der Waals surface area contributed by atoms with Crippen molar-refractivity contribution in [3.8, 4) is 6.07 Å². The molecule has 3 aromatic heterocycles. The summed E-state index contributed by atoms with van der Waals surface area (Å²) >= 11 is 0. The molecule has 3 heterocycles. The van der Waals surface area contributed by atoms with Crippen LogP contribution in [0.4, 0.5) is 0 Å². The monoisotopic (exact) mass is 369 g/mol. The lowest BCUT2D eigenvalue weighted by molar-refractivity contribution is -0.116. The average Bonchev–Trinajstić information content (AvgIpc) is 2.70. The SMILES string of the molecule is CC(=O)N=c1c(C#N)cc2c(=O)n3ccccc3nc2n1Cc1ccccc1. The molecule has 0 saturated heterocycles. The van der Waals surface area contributed by atoms with E-state index < -0.39 is 5.91 Å². The number of pyridine rings is 2. The number of rotatable bonds is 2. The smallest absolute Gasteiger partial charge is 0.267 e. The fourth-order valence-corrected chi connectivity index (χ4v) is 3.15. The second-order valence-electron chi connectivity index (χ2n) is 6.28. The lowest BCUT2D eigenvalue weighted by Gasteiger charge is -2.13. The predicted octanol–water partition coefficient (Wildman–Crippen LogP) is 2.02. The third kappa shape index (κ3) is 2.97. The van der Waals surface area contributed by atoms with Gasteiger partial charge in [0.2, 0.25) is 5.91 Å². The zero-order valence-electron chi connectivity index (χ0n) is 15.0. The van der Waals surface area contributed by atoms with E-state index in [2.05, 4.69) is 16.0 Å². The Morgan fingerprint density at radius 3 is 2.64 bits per heavy atom. The summed E-state index contributed by atoms with van der Waals surface area (Å²) in [6.45, 7) is 1.63. The quantitative estimate of drug-likeness (QED) is 0.505. The molecule has 1 amide bonds. The molecular weight excluding hydrogens is 354 g/mol. The van der Waals surface area contributed by atoms with Gasteiger partial charge in [-0.25, -0.2) is 4.98 Å². The van der Waals surface area contributed by atoms with Crippen molar-refractivity contribution in [3.05, 3.63) is 87.8 Å². The summed E-state index contributed by atoms with van der Waals surface area (Å²) < 4.78 is 3.08. The van der Waals surface area contributed by atoms with Gasteiger partial charge in [-0.15, -0.1) is 0 Å². The summed E-state index contributed by atoms with van der Waals surface area (Å²) in [5, 5.41) is 9.91. The molecule has 0 N–H and O–H groups in total. The van der Waals surface area contributed by atoms with Gasteiger partial charge < -0.3 is 4.57 Å². The number of carbonyl (C=O) groups excluding carboxylic acids is 1. The van der Waals surface area contributed by atoms with E-state index in [0.29, 0.717) is 23.2 Å². The number of fused-ring (bicyclic) bond motifs is 2. The van der Waals surface area contributed by atoms with Crippen molar-refractivity contribution in [1.82, 2.24) is 14.0 Å². The van der Waals surface area contributed by atoms with E-state index in [-0.39, 0.29) is 16.6 Å². The molecular formula is C21H15N5O2. The van der Waals surface area contributed by atoms with E-state index >= 15 is 0 Å². The molecule has 0 atom stereocenters. The third-order valence-electron chi connectivity index (χ3n) is 4.36. The predicted molar refractivity (Wildman–Crippen MR) is 103 cm³/mol. The Morgan fingerprint density at radius 2 is 1.93 bits per heavy atom. The van der Waals surface area contributed by atoms with Gasteiger partial charge in [-0.2, -0.15) is 10.3 Å². The van der Waals surface area contributed by atoms with Gasteiger partial charge in [0, 0.05) is 13.1 Å². The Kier molecular flexibility index (Phi) is 4.30. The number of hydrogen-bond acceptors (Lipinski definition) is 4. The first-order valence-electron chi connectivity index (χ1n) is 8.63. The van der Waals surface area contributed by atoms with Crippen molar-refractivity contribution in [3.63, 3.8) is 0 Å². The van der Waals surface area contributed by atoms with Gasteiger partial charge in [-0.05, 0) is 23.8 Å². The zero-order chi connectivity index (χ0) is 19.7. The van der Waals surface area contributed by atoms with Gasteiger partial charge in [-0.3, -0.25) is 14.0 Å². The van der Waals surface area contributed by atoms with Crippen LogP contribution in [0.25, 0.3) is 16.7 Å². The van der Waals surface area contributed by atoms with E-state index in [0.717, 1.165) is 5.56 Å². The summed E-state index contributed by atoms with van der Waals surface area (Å²) in [6.07, 6.45) is 1.63. The topological polar surface area (TPSA) is 92.5 Å². The number of nitrogens with zero attached hydrogens (tertiary/aromatic N) is 5. The maximum Gasteiger partial charge on any atom is 0.267 e. The van der Waals surface area contributed by atoms with Crippen LogP contribution in [0, 0.1) is 11.3 Å². The highest BCUT2D eigenvalue weighted by molar-refractivity contribution is 5.79. The van der Waals surface area contributed by atoms with E-state index in [4.69, 9.17) is 0 Å². The second-order valence-corrected chi connectivity index (χ2v) is 6.28. The molecule has 4 aromatic rings. The summed E-state index contributed by atoms with van der Waals surface area (Å²) in [7, 11) is 0. The molecule has 7 heteroatoms. The summed E-state index contributed by atoms with van der Waals surface area (Å²) in [5.41, 5.74) is 1.83. The Balaban J connectivity index is 2.19. The van der Waals surface area contributed by atoms with Crippen LogP contribution in [0.15, 0.2) is 70.6 Å². The second kappa shape index (κ2) is 6.93. The van der Waals surface area contributed by atoms with Crippen LogP contribution in [0.5, 0.6) is 0 Å². The Labute approximate surface area is 159 Å². The van der Waals surface area contributed by atoms with Gasteiger partial charge in [0.05, 0.1) is 17.5 Å². The molecule has 0 aliphatic rings. The van der Waals surface area contributed by atoms with Crippen molar-refractivity contribution in [2.45, 2.75) is 13.5 Å². The molecule has 0 spiro atoms. The van der Waals surface area contributed by atoms with Crippen LogP contribution in [-0.2, 0) is 11.3 Å². The lowest BCUT2D eigenvalue weighted by atomic mass is 10.2. The van der Waals surface area contributed by atoms with Gasteiger partial charge in [0.1, 0.15) is 17.4 Å². The molecule has 0 fully saturated rings. The van der Waals surface area contributed by atoms with Crippen LogP contribution in [-0.4, -0.2) is 19.9 Å². The Morgan fingerprint density at radius 1 is 1.18 bits per heavy atom. The standard InChI is InChI=1S/C21H15N5O2/c1-14(27)23-19-16(12-22)11-17-20(26(19)13-15-7-3-2-4-8-15)24-18-9-5-6-10-25(18)21(17)28/h2-11H,13H2,1H3. The van der Waals surface area contributed by atoms with Crippen LogP contribution in [0.2, 0.25) is 0 Å². The number of carbonyl (C=O) groups is 1. The van der Waals surface area contributed by atoms with Crippen LogP contribution >= 0.6 is 0 Å². The van der Waals surface area contributed by atoms with Crippen LogP contribution in [0.3, 0.4) is 0 Å². The van der Waals surface area contributed by atoms with Gasteiger partial charge >= 0.3 is 0 Å². The molecule has 4 rings (SSSR count). The molecule has 0 unspecified atom stereocenters. The fraction of sp³-hybridized carbons (Fsp3) is 0.0952.